The summed E-state index contributed by atoms with van der Waals surface area (Å²) in [5.41, 5.74) is 8.19. The number of carbonyl (C=O) groups excluding carboxylic acids is 1. The molecule has 0 saturated carbocycles. The predicted octanol–water partition coefficient (Wildman–Crippen LogP) is 5.50. The Morgan fingerprint density at radius 3 is 2.67 bits per heavy atom. The summed E-state index contributed by atoms with van der Waals surface area (Å²) in [4.78, 5) is 33.7. The maximum atomic E-state index is 15.3. The largest absolute Gasteiger partial charge is 0.367 e. The van der Waals surface area contributed by atoms with Crippen LogP contribution < -0.4 is 10.2 Å². The minimum atomic E-state index is -0.337. The molecule has 1 atom stereocenters. The standard InChI is InChI=1S/C33H28FN7O/c1-40-13-15-41(16-14-40)28-18-27-26(17-25(28)34)37-32(38-27)24-8-4-7-23-29(24)19-5-2-3-6-20(19)30(23)39-33(42)22-10-12-36-31-21(22)9-11-35-31/h2-12,17-18,30H,13-16H2,1H3,(H,35,36)(H,37,38)(H,39,42)/t30-/m1/s1. The quantitative estimate of drug-likeness (QED) is 0.266. The fourth-order valence-corrected chi connectivity index (χ4v) is 6.41. The maximum absolute atomic E-state index is 15.3. The number of likely N-dealkylation sites (N-methyl/N-ethyl adjacent to an activating group) is 1. The zero-order chi connectivity index (χ0) is 28.4. The zero-order valence-electron chi connectivity index (χ0n) is 23.0. The summed E-state index contributed by atoms with van der Waals surface area (Å²) in [6.45, 7) is 3.35. The van der Waals surface area contributed by atoms with E-state index in [0.717, 1.165) is 64.9 Å². The lowest BCUT2D eigenvalue weighted by atomic mass is 9.98. The Hall–Kier alpha value is -5.02. The van der Waals surface area contributed by atoms with Crippen LogP contribution in [0.5, 0.6) is 0 Å². The number of nitrogens with one attached hydrogen (secondary N) is 3. The molecule has 3 aromatic heterocycles. The first-order chi connectivity index (χ1) is 20.5. The van der Waals surface area contributed by atoms with Crippen LogP contribution >= 0.6 is 0 Å². The third-order valence-electron chi connectivity index (χ3n) is 8.58. The van der Waals surface area contributed by atoms with Gasteiger partial charge in [0, 0.05) is 55.6 Å². The summed E-state index contributed by atoms with van der Waals surface area (Å²) in [6, 6.07) is 20.9. The fraction of sp³-hybridized carbons (Fsp3) is 0.182. The number of anilines is 1. The molecule has 1 aliphatic carbocycles. The van der Waals surface area contributed by atoms with Crippen molar-refractivity contribution in [3.05, 3.63) is 102 Å². The number of amides is 1. The number of halogens is 1. The monoisotopic (exact) mass is 557 g/mol. The van der Waals surface area contributed by atoms with E-state index in [9.17, 15) is 4.79 Å². The van der Waals surface area contributed by atoms with Gasteiger partial charge in [0.2, 0.25) is 0 Å². The molecule has 208 valence electrons. The second-order valence-corrected chi connectivity index (χ2v) is 11.1. The second kappa shape index (κ2) is 9.53. The highest BCUT2D eigenvalue weighted by molar-refractivity contribution is 6.06. The van der Waals surface area contributed by atoms with E-state index in [-0.39, 0.29) is 17.8 Å². The van der Waals surface area contributed by atoms with Crippen LogP contribution in [0.4, 0.5) is 10.1 Å². The fourth-order valence-electron chi connectivity index (χ4n) is 6.41. The lowest BCUT2D eigenvalue weighted by Crippen LogP contribution is -2.44. The molecular weight excluding hydrogens is 529 g/mol. The molecule has 0 bridgehead atoms. The van der Waals surface area contributed by atoms with Crippen molar-refractivity contribution in [1.29, 1.82) is 0 Å². The van der Waals surface area contributed by atoms with E-state index >= 15 is 4.39 Å². The predicted molar refractivity (Wildman–Crippen MR) is 162 cm³/mol. The summed E-state index contributed by atoms with van der Waals surface area (Å²) >= 11 is 0. The highest BCUT2D eigenvalue weighted by Crippen LogP contribution is 2.48. The van der Waals surface area contributed by atoms with Crippen molar-refractivity contribution in [2.75, 3.05) is 38.1 Å². The molecule has 3 aromatic carbocycles. The molecule has 8 rings (SSSR count). The SMILES string of the molecule is CN1CCN(c2cc3nc(-c4cccc5c4-c4ccccc4[C@H]5NC(=O)c4ccnc5[nH]ccc45)[nH]c3cc2F)CC1. The average Bonchev–Trinajstić information content (AvgIpc) is 3.73. The van der Waals surface area contributed by atoms with Crippen LogP contribution in [0.25, 0.3) is 44.6 Å². The van der Waals surface area contributed by atoms with E-state index in [1.165, 1.54) is 0 Å². The molecule has 1 fully saturated rings. The minimum Gasteiger partial charge on any atom is -0.367 e. The van der Waals surface area contributed by atoms with Gasteiger partial charge in [-0.05, 0) is 47.5 Å². The number of hydrogen-bond acceptors (Lipinski definition) is 5. The van der Waals surface area contributed by atoms with Crippen molar-refractivity contribution in [2.45, 2.75) is 6.04 Å². The normalized spacial score (nSPS) is 16.6. The second-order valence-electron chi connectivity index (χ2n) is 11.1. The molecule has 2 aliphatic rings. The maximum Gasteiger partial charge on any atom is 0.252 e. The molecule has 6 aromatic rings. The molecule has 3 N–H and O–H groups in total. The third-order valence-corrected chi connectivity index (χ3v) is 8.58. The van der Waals surface area contributed by atoms with Crippen molar-refractivity contribution in [3.63, 3.8) is 0 Å². The van der Waals surface area contributed by atoms with Crippen LogP contribution in [-0.4, -0.2) is 64.0 Å². The lowest BCUT2D eigenvalue weighted by molar-refractivity contribution is 0.0945. The Labute approximate surface area is 241 Å². The number of carbonyl (C=O) groups is 1. The molecule has 0 radical (unpaired) electrons. The summed E-state index contributed by atoms with van der Waals surface area (Å²) < 4.78 is 15.3. The van der Waals surface area contributed by atoms with Gasteiger partial charge < -0.3 is 25.1 Å². The molecular formula is C33H28FN7O. The van der Waals surface area contributed by atoms with Crippen molar-refractivity contribution in [3.8, 4) is 22.5 Å². The van der Waals surface area contributed by atoms with Gasteiger partial charge in [-0.15, -0.1) is 0 Å². The van der Waals surface area contributed by atoms with Gasteiger partial charge in [0.15, 0.2) is 0 Å². The number of fused-ring (bicyclic) bond motifs is 5. The summed E-state index contributed by atoms with van der Waals surface area (Å²) in [7, 11) is 2.09. The number of H-pyrrole nitrogens is 2. The van der Waals surface area contributed by atoms with E-state index in [0.29, 0.717) is 28.2 Å². The average molecular weight is 558 g/mol. The van der Waals surface area contributed by atoms with E-state index in [4.69, 9.17) is 4.98 Å². The molecule has 1 aliphatic heterocycles. The number of rotatable bonds is 4. The van der Waals surface area contributed by atoms with Crippen molar-refractivity contribution in [2.24, 2.45) is 0 Å². The molecule has 4 heterocycles. The number of nitrogens with zero attached hydrogens (tertiary/aromatic N) is 4. The van der Waals surface area contributed by atoms with Crippen LogP contribution in [0.15, 0.2) is 79.1 Å². The molecule has 42 heavy (non-hydrogen) atoms. The summed E-state index contributed by atoms with van der Waals surface area (Å²) in [6.07, 6.45) is 3.43. The van der Waals surface area contributed by atoms with Gasteiger partial charge in [0.05, 0.1) is 28.3 Å². The summed E-state index contributed by atoms with van der Waals surface area (Å²) in [5, 5.41) is 4.06. The summed E-state index contributed by atoms with van der Waals surface area (Å²) in [5.74, 6) is 0.249. The zero-order valence-corrected chi connectivity index (χ0v) is 23.0. The van der Waals surface area contributed by atoms with Crippen LogP contribution in [0, 0.1) is 5.82 Å². The van der Waals surface area contributed by atoms with E-state index in [1.807, 2.05) is 36.4 Å². The van der Waals surface area contributed by atoms with Gasteiger partial charge in [-0.2, -0.15) is 0 Å². The first-order valence-electron chi connectivity index (χ1n) is 14.1. The van der Waals surface area contributed by atoms with Gasteiger partial charge in [0.25, 0.3) is 5.91 Å². The van der Waals surface area contributed by atoms with Crippen LogP contribution in [0.3, 0.4) is 0 Å². The number of piperazine rings is 1. The van der Waals surface area contributed by atoms with Gasteiger partial charge in [-0.3, -0.25) is 4.79 Å². The van der Waals surface area contributed by atoms with Crippen LogP contribution in [0.2, 0.25) is 0 Å². The van der Waals surface area contributed by atoms with E-state index < -0.39 is 0 Å². The van der Waals surface area contributed by atoms with E-state index in [2.05, 4.69) is 55.3 Å². The number of imidazole rings is 1. The van der Waals surface area contributed by atoms with Crippen LogP contribution in [0.1, 0.15) is 27.5 Å². The molecule has 1 saturated heterocycles. The molecule has 9 heteroatoms. The van der Waals surface area contributed by atoms with E-state index in [1.54, 1.807) is 24.5 Å². The molecule has 0 spiro atoms. The number of hydrogen-bond donors (Lipinski definition) is 3. The van der Waals surface area contributed by atoms with Gasteiger partial charge in [0.1, 0.15) is 17.3 Å². The lowest BCUT2D eigenvalue weighted by Gasteiger charge is -2.34. The Morgan fingerprint density at radius 2 is 1.79 bits per heavy atom. The van der Waals surface area contributed by atoms with Gasteiger partial charge in [-0.25, -0.2) is 14.4 Å². The van der Waals surface area contributed by atoms with Crippen LogP contribution in [-0.2, 0) is 0 Å². The minimum absolute atomic E-state index is 0.171. The molecule has 1 amide bonds. The van der Waals surface area contributed by atoms with Crippen molar-refractivity contribution >= 4 is 33.7 Å². The first-order valence-corrected chi connectivity index (χ1v) is 14.1. The highest BCUT2D eigenvalue weighted by Gasteiger charge is 2.33. The van der Waals surface area contributed by atoms with Crippen molar-refractivity contribution in [1.82, 2.24) is 30.2 Å². The molecule has 8 nitrogen and oxygen atoms in total. The number of aromatic nitrogens is 4. The van der Waals surface area contributed by atoms with Gasteiger partial charge >= 0.3 is 0 Å². The Morgan fingerprint density at radius 1 is 0.976 bits per heavy atom. The van der Waals surface area contributed by atoms with Crippen molar-refractivity contribution < 1.29 is 9.18 Å². The number of pyridine rings is 1. The Bertz CT molecular complexity index is 2000. The first kappa shape index (κ1) is 24.8. The Kier molecular flexibility index (Phi) is 5.61. The third kappa shape index (κ3) is 3.88. The highest BCUT2D eigenvalue weighted by atomic mass is 19.1. The molecule has 0 unspecified atom stereocenters. The Balaban J connectivity index is 1.19. The van der Waals surface area contributed by atoms with Gasteiger partial charge in [-0.1, -0.05) is 42.5 Å². The topological polar surface area (TPSA) is 92.9 Å². The smallest absolute Gasteiger partial charge is 0.252 e. The number of aromatic amines is 2. The number of benzene rings is 3.